The molecule has 1 aromatic heterocycles. The zero-order valence-electron chi connectivity index (χ0n) is 7.39. The minimum Gasteiger partial charge on any atom is -0.373 e. The molecule has 0 spiro atoms. The molecule has 0 unspecified atom stereocenters. The lowest BCUT2D eigenvalue weighted by molar-refractivity contribution is 0.0958. The summed E-state index contributed by atoms with van der Waals surface area (Å²) >= 11 is 5.77. The van der Waals surface area contributed by atoms with Crippen LogP contribution < -0.4 is 10.6 Å². The van der Waals surface area contributed by atoms with Crippen LogP contribution in [-0.4, -0.2) is 25.0 Å². The second-order valence-electron chi connectivity index (χ2n) is 2.38. The Bertz CT molecular complexity index is 327. The van der Waals surface area contributed by atoms with Crippen molar-refractivity contribution in [1.29, 1.82) is 0 Å². The number of nitrogens with one attached hydrogen (secondary N) is 2. The number of nitrogens with zero attached hydrogens (tertiary/aromatic N) is 1. The summed E-state index contributed by atoms with van der Waals surface area (Å²) in [5.74, 6) is 0.324. The first-order chi connectivity index (χ1) is 6.17. The maximum atomic E-state index is 11.2. The first kappa shape index (κ1) is 9.80. The molecule has 0 radical (unpaired) electrons. The Morgan fingerprint density at radius 3 is 2.69 bits per heavy atom. The Hall–Kier alpha value is -1.29. The van der Waals surface area contributed by atoms with Gasteiger partial charge in [0, 0.05) is 19.1 Å². The fourth-order valence-electron chi connectivity index (χ4n) is 0.870. The Morgan fingerprint density at radius 2 is 2.15 bits per heavy atom. The lowest BCUT2D eigenvalue weighted by Gasteiger charge is -2.03. The quantitative estimate of drug-likeness (QED) is 0.751. The van der Waals surface area contributed by atoms with Gasteiger partial charge in [-0.1, -0.05) is 11.6 Å². The number of hydrogen-bond acceptors (Lipinski definition) is 3. The molecular formula is C8H10ClN3O. The summed E-state index contributed by atoms with van der Waals surface area (Å²) in [4.78, 5) is 15.2. The van der Waals surface area contributed by atoms with E-state index in [1.165, 1.54) is 6.07 Å². The van der Waals surface area contributed by atoms with Crippen LogP contribution in [-0.2, 0) is 0 Å². The van der Waals surface area contributed by atoms with Crippen molar-refractivity contribution in [3.05, 3.63) is 22.8 Å². The fraction of sp³-hybridized carbons (Fsp3) is 0.250. The number of aromatic nitrogens is 1. The monoisotopic (exact) mass is 199 g/mol. The number of halogens is 1. The number of anilines is 1. The molecule has 2 N–H and O–H groups in total. The van der Waals surface area contributed by atoms with E-state index in [0.717, 1.165) is 0 Å². The number of carbonyl (C=O) groups is 1. The van der Waals surface area contributed by atoms with Gasteiger partial charge in [0.15, 0.2) is 0 Å². The molecule has 4 nitrogen and oxygen atoms in total. The van der Waals surface area contributed by atoms with E-state index in [2.05, 4.69) is 15.6 Å². The molecule has 13 heavy (non-hydrogen) atoms. The van der Waals surface area contributed by atoms with Crippen molar-refractivity contribution in [2.24, 2.45) is 0 Å². The van der Waals surface area contributed by atoms with Gasteiger partial charge in [-0.25, -0.2) is 4.98 Å². The van der Waals surface area contributed by atoms with Crippen LogP contribution in [0.2, 0.25) is 5.02 Å². The average Bonchev–Trinajstić information content (AvgIpc) is 2.15. The molecule has 1 rings (SSSR count). The lowest BCUT2D eigenvalue weighted by Crippen LogP contribution is -2.19. The second-order valence-corrected chi connectivity index (χ2v) is 2.82. The van der Waals surface area contributed by atoms with Gasteiger partial charge in [0.1, 0.15) is 11.5 Å². The van der Waals surface area contributed by atoms with Gasteiger partial charge in [0.05, 0.1) is 0 Å². The van der Waals surface area contributed by atoms with Crippen LogP contribution >= 0.6 is 11.6 Å². The van der Waals surface area contributed by atoms with Crippen LogP contribution in [0.5, 0.6) is 0 Å². The largest absolute Gasteiger partial charge is 0.373 e. The molecular weight excluding hydrogens is 190 g/mol. The lowest BCUT2D eigenvalue weighted by atomic mass is 10.3. The molecule has 1 amide bonds. The highest BCUT2D eigenvalue weighted by atomic mass is 35.5. The van der Waals surface area contributed by atoms with Crippen LogP contribution in [0.15, 0.2) is 12.1 Å². The van der Waals surface area contributed by atoms with E-state index in [4.69, 9.17) is 11.6 Å². The highest BCUT2D eigenvalue weighted by Gasteiger charge is 2.06. The molecule has 0 aromatic carbocycles. The van der Waals surface area contributed by atoms with Crippen molar-refractivity contribution < 1.29 is 4.79 Å². The van der Waals surface area contributed by atoms with Gasteiger partial charge in [0.2, 0.25) is 0 Å². The summed E-state index contributed by atoms with van der Waals surface area (Å²) < 4.78 is 0. The smallest absolute Gasteiger partial charge is 0.269 e. The van der Waals surface area contributed by atoms with E-state index in [9.17, 15) is 4.79 Å². The molecule has 0 aliphatic heterocycles. The van der Waals surface area contributed by atoms with Gasteiger partial charge >= 0.3 is 0 Å². The predicted molar refractivity (Wildman–Crippen MR) is 52.2 cm³/mol. The number of carbonyl (C=O) groups excluding carboxylic acids is 1. The van der Waals surface area contributed by atoms with Crippen LogP contribution in [0.3, 0.4) is 0 Å². The predicted octanol–water partition coefficient (Wildman–Crippen LogP) is 1.14. The van der Waals surface area contributed by atoms with Gasteiger partial charge in [-0.15, -0.1) is 0 Å². The summed E-state index contributed by atoms with van der Waals surface area (Å²) in [6, 6.07) is 3.16. The molecule has 0 saturated carbocycles. The van der Waals surface area contributed by atoms with E-state index in [0.29, 0.717) is 16.5 Å². The SMILES string of the molecule is CNC(=O)c1cc(Cl)cc(NC)n1. The Morgan fingerprint density at radius 1 is 1.46 bits per heavy atom. The van der Waals surface area contributed by atoms with Crippen molar-refractivity contribution in [3.63, 3.8) is 0 Å². The minimum atomic E-state index is -0.251. The van der Waals surface area contributed by atoms with E-state index < -0.39 is 0 Å². The zero-order valence-corrected chi connectivity index (χ0v) is 8.14. The van der Waals surface area contributed by atoms with Gasteiger partial charge < -0.3 is 10.6 Å². The first-order valence-electron chi connectivity index (χ1n) is 3.75. The summed E-state index contributed by atoms with van der Waals surface area (Å²) in [6.45, 7) is 0. The number of pyridine rings is 1. The number of rotatable bonds is 2. The molecule has 0 aliphatic carbocycles. The third kappa shape index (κ3) is 2.32. The third-order valence-electron chi connectivity index (χ3n) is 1.51. The molecule has 1 heterocycles. The van der Waals surface area contributed by atoms with Crippen molar-refractivity contribution >= 4 is 23.3 Å². The maximum absolute atomic E-state index is 11.2. The highest BCUT2D eigenvalue weighted by molar-refractivity contribution is 6.31. The first-order valence-corrected chi connectivity index (χ1v) is 4.12. The van der Waals surface area contributed by atoms with Crippen LogP contribution in [0, 0.1) is 0 Å². The van der Waals surface area contributed by atoms with Gasteiger partial charge in [-0.2, -0.15) is 0 Å². The fourth-order valence-corrected chi connectivity index (χ4v) is 1.08. The third-order valence-corrected chi connectivity index (χ3v) is 1.72. The number of amides is 1. The van der Waals surface area contributed by atoms with Crippen molar-refractivity contribution in [2.45, 2.75) is 0 Å². The van der Waals surface area contributed by atoms with Crippen molar-refractivity contribution in [3.8, 4) is 0 Å². The Balaban J connectivity index is 3.08. The number of hydrogen-bond donors (Lipinski definition) is 2. The molecule has 0 aliphatic rings. The highest BCUT2D eigenvalue weighted by Crippen LogP contribution is 2.14. The van der Waals surface area contributed by atoms with Gasteiger partial charge in [-0.05, 0) is 12.1 Å². The maximum Gasteiger partial charge on any atom is 0.269 e. The van der Waals surface area contributed by atoms with Gasteiger partial charge in [-0.3, -0.25) is 4.79 Å². The summed E-state index contributed by atoms with van der Waals surface area (Å²) in [5, 5.41) is 5.77. The topological polar surface area (TPSA) is 54.0 Å². The van der Waals surface area contributed by atoms with Crippen molar-refractivity contribution in [2.75, 3.05) is 19.4 Å². The molecule has 0 bridgehead atoms. The van der Waals surface area contributed by atoms with E-state index in [1.54, 1.807) is 20.2 Å². The van der Waals surface area contributed by atoms with E-state index in [1.807, 2.05) is 0 Å². The summed E-state index contributed by atoms with van der Waals surface area (Å²) in [5.41, 5.74) is 0.305. The summed E-state index contributed by atoms with van der Waals surface area (Å²) in [7, 11) is 3.26. The standard InChI is InChI=1S/C8H10ClN3O/c1-10-7-4-5(9)3-6(12-7)8(13)11-2/h3-4H,1-2H3,(H,10,12)(H,11,13). The molecule has 70 valence electrons. The molecule has 0 saturated heterocycles. The van der Waals surface area contributed by atoms with Gasteiger partial charge in [0.25, 0.3) is 5.91 Å². The van der Waals surface area contributed by atoms with E-state index in [-0.39, 0.29) is 5.91 Å². The average molecular weight is 200 g/mol. The molecule has 1 aromatic rings. The van der Waals surface area contributed by atoms with Crippen LogP contribution in [0.25, 0.3) is 0 Å². The Labute approximate surface area is 81.3 Å². The molecule has 5 heteroatoms. The zero-order chi connectivity index (χ0) is 9.84. The van der Waals surface area contributed by atoms with E-state index >= 15 is 0 Å². The Kier molecular flexibility index (Phi) is 3.08. The minimum absolute atomic E-state index is 0.251. The van der Waals surface area contributed by atoms with Crippen molar-refractivity contribution in [1.82, 2.24) is 10.3 Å². The second kappa shape index (κ2) is 4.09. The van der Waals surface area contributed by atoms with Crippen LogP contribution in [0.1, 0.15) is 10.5 Å². The van der Waals surface area contributed by atoms with Crippen LogP contribution in [0.4, 0.5) is 5.82 Å². The normalized spacial score (nSPS) is 9.46. The summed E-state index contributed by atoms with van der Waals surface area (Å²) in [6.07, 6.45) is 0. The molecule has 0 atom stereocenters. The molecule has 0 fully saturated rings.